The van der Waals surface area contributed by atoms with E-state index in [2.05, 4.69) is 25.3 Å². The van der Waals surface area contributed by atoms with Crippen LogP contribution in [-0.2, 0) is 6.61 Å². The van der Waals surface area contributed by atoms with E-state index >= 15 is 0 Å². The number of hydrogen-bond acceptors (Lipinski definition) is 6. The molecule has 4 aromatic rings. The van der Waals surface area contributed by atoms with Gasteiger partial charge in [0.05, 0.1) is 12.3 Å². The molecule has 3 aromatic carbocycles. The Morgan fingerprint density at radius 3 is 2.33 bits per heavy atom. The molecular weight excluding hydrogens is 473 g/mol. The number of aryl methyl sites for hydroxylation is 1. The number of carbonyl (C=O) groups is 1. The first-order valence-electron chi connectivity index (χ1n) is 10.8. The van der Waals surface area contributed by atoms with E-state index in [0.717, 1.165) is 0 Å². The van der Waals surface area contributed by atoms with Crippen molar-refractivity contribution in [1.82, 2.24) is 9.97 Å². The number of aromatic nitrogens is 2. The van der Waals surface area contributed by atoms with Gasteiger partial charge in [-0.15, -0.1) is 13.2 Å². The molecule has 0 aliphatic rings. The van der Waals surface area contributed by atoms with Gasteiger partial charge in [0.1, 0.15) is 5.75 Å². The Morgan fingerprint density at radius 2 is 1.67 bits per heavy atom. The van der Waals surface area contributed by atoms with Crippen LogP contribution >= 0.6 is 0 Å². The number of aliphatic hydroxyl groups excluding tert-OH is 1. The molecule has 0 spiro atoms. The van der Waals surface area contributed by atoms with Crippen LogP contribution in [-0.4, -0.2) is 27.3 Å². The average molecular weight is 494 g/mol. The Kier molecular flexibility index (Phi) is 7.16. The third-order valence-electron chi connectivity index (χ3n) is 5.01. The Bertz CT molecular complexity index is 1360. The number of aliphatic hydroxyl groups is 1. The minimum Gasteiger partial charge on any atom is -0.406 e. The molecule has 0 radical (unpaired) electrons. The lowest BCUT2D eigenvalue weighted by molar-refractivity contribution is -0.274. The smallest absolute Gasteiger partial charge is 0.406 e. The number of hydrogen-bond donors (Lipinski definition) is 3. The number of halogens is 3. The molecule has 1 heterocycles. The molecule has 0 bridgehead atoms. The molecule has 1 aromatic heterocycles. The molecule has 0 atom stereocenters. The first kappa shape index (κ1) is 24.7. The molecule has 7 nitrogen and oxygen atoms in total. The molecule has 0 saturated heterocycles. The number of carbonyl (C=O) groups excluding carboxylic acids is 1. The van der Waals surface area contributed by atoms with Crippen molar-refractivity contribution in [2.24, 2.45) is 0 Å². The van der Waals surface area contributed by atoms with Crippen LogP contribution in [0.3, 0.4) is 0 Å². The third kappa shape index (κ3) is 6.57. The number of anilines is 3. The van der Waals surface area contributed by atoms with E-state index in [4.69, 9.17) is 0 Å². The minimum absolute atomic E-state index is 0.120. The van der Waals surface area contributed by atoms with E-state index in [1.54, 1.807) is 61.5 Å². The summed E-state index contributed by atoms with van der Waals surface area (Å²) in [7, 11) is 0. The molecule has 0 unspecified atom stereocenters. The molecule has 4 rings (SSSR count). The zero-order valence-electron chi connectivity index (χ0n) is 19.0. The van der Waals surface area contributed by atoms with Crippen molar-refractivity contribution in [2.45, 2.75) is 19.9 Å². The van der Waals surface area contributed by atoms with Crippen molar-refractivity contribution in [3.63, 3.8) is 0 Å². The monoisotopic (exact) mass is 494 g/mol. The lowest BCUT2D eigenvalue weighted by Gasteiger charge is -2.11. The van der Waals surface area contributed by atoms with Gasteiger partial charge in [0, 0.05) is 28.2 Å². The first-order valence-corrected chi connectivity index (χ1v) is 10.8. The van der Waals surface area contributed by atoms with E-state index < -0.39 is 6.36 Å². The lowest BCUT2D eigenvalue weighted by atomic mass is 10.1. The van der Waals surface area contributed by atoms with E-state index in [0.29, 0.717) is 45.4 Å². The molecular formula is C26H21F3N4O3. The first-order chi connectivity index (χ1) is 17.2. The second kappa shape index (κ2) is 10.4. The Labute approximate surface area is 204 Å². The SMILES string of the molecule is Cc1cc(-c2ccc(OC(F)(F)F)cc2)nc(Nc2ccc(C(=O)Nc3cccc(CO)c3)cc2)n1. The van der Waals surface area contributed by atoms with Gasteiger partial charge in [-0.25, -0.2) is 9.97 Å². The molecule has 0 aliphatic carbocycles. The summed E-state index contributed by atoms with van der Waals surface area (Å²) in [5.74, 6) is -0.331. The molecule has 1 amide bonds. The number of alkyl halides is 3. The molecule has 184 valence electrons. The summed E-state index contributed by atoms with van der Waals surface area (Å²) >= 11 is 0. The summed E-state index contributed by atoms with van der Waals surface area (Å²) < 4.78 is 41.1. The highest BCUT2D eigenvalue weighted by molar-refractivity contribution is 6.04. The standard InChI is InChI=1S/C26H21F3N4O3/c1-16-13-23(18-7-11-22(12-8-18)36-26(27,28)29)33-25(30-16)32-20-9-5-19(6-10-20)24(35)31-21-4-2-3-17(14-21)15-34/h2-14,34H,15H2,1H3,(H,31,35)(H,30,32,33). The maximum Gasteiger partial charge on any atom is 0.573 e. The predicted molar refractivity (Wildman–Crippen MR) is 129 cm³/mol. The van der Waals surface area contributed by atoms with Crippen LogP contribution in [0, 0.1) is 6.92 Å². The second-order valence-corrected chi connectivity index (χ2v) is 7.81. The third-order valence-corrected chi connectivity index (χ3v) is 5.01. The van der Waals surface area contributed by atoms with Gasteiger partial charge in [0.2, 0.25) is 5.95 Å². The van der Waals surface area contributed by atoms with Crippen molar-refractivity contribution in [2.75, 3.05) is 10.6 Å². The Hall–Kier alpha value is -4.44. The van der Waals surface area contributed by atoms with Crippen LogP contribution in [0.2, 0.25) is 0 Å². The number of ether oxygens (including phenoxy) is 1. The van der Waals surface area contributed by atoms with E-state index in [-0.39, 0.29) is 18.3 Å². The highest BCUT2D eigenvalue weighted by atomic mass is 19.4. The maximum absolute atomic E-state index is 12.5. The minimum atomic E-state index is -4.76. The summed E-state index contributed by atoms with van der Waals surface area (Å²) in [5, 5.41) is 15.1. The van der Waals surface area contributed by atoms with Crippen LogP contribution in [0.4, 0.5) is 30.5 Å². The summed E-state index contributed by atoms with van der Waals surface area (Å²) in [6, 6.07) is 20.7. The van der Waals surface area contributed by atoms with E-state index in [9.17, 15) is 23.1 Å². The van der Waals surface area contributed by atoms with Gasteiger partial charge in [0.15, 0.2) is 0 Å². The fourth-order valence-corrected chi connectivity index (χ4v) is 3.38. The van der Waals surface area contributed by atoms with Gasteiger partial charge < -0.3 is 20.5 Å². The Balaban J connectivity index is 1.45. The second-order valence-electron chi connectivity index (χ2n) is 7.81. The number of benzene rings is 3. The summed E-state index contributed by atoms with van der Waals surface area (Å²) in [6.07, 6.45) is -4.76. The van der Waals surface area contributed by atoms with Gasteiger partial charge in [-0.1, -0.05) is 12.1 Å². The van der Waals surface area contributed by atoms with Crippen LogP contribution in [0.15, 0.2) is 78.9 Å². The summed E-state index contributed by atoms with van der Waals surface area (Å²) in [6.45, 7) is 1.65. The zero-order chi connectivity index (χ0) is 25.7. The molecule has 0 aliphatic heterocycles. The van der Waals surface area contributed by atoms with Gasteiger partial charge >= 0.3 is 6.36 Å². The largest absolute Gasteiger partial charge is 0.573 e. The van der Waals surface area contributed by atoms with Gasteiger partial charge in [0.25, 0.3) is 5.91 Å². The fourth-order valence-electron chi connectivity index (χ4n) is 3.38. The number of amides is 1. The van der Waals surface area contributed by atoms with Crippen LogP contribution in [0.1, 0.15) is 21.6 Å². The van der Waals surface area contributed by atoms with Gasteiger partial charge in [-0.3, -0.25) is 4.79 Å². The molecule has 3 N–H and O–H groups in total. The lowest BCUT2D eigenvalue weighted by Crippen LogP contribution is -2.16. The number of nitrogens with one attached hydrogen (secondary N) is 2. The van der Waals surface area contributed by atoms with E-state index in [1.165, 1.54) is 24.3 Å². The Morgan fingerprint density at radius 1 is 0.944 bits per heavy atom. The quantitative estimate of drug-likeness (QED) is 0.299. The highest BCUT2D eigenvalue weighted by Gasteiger charge is 2.31. The van der Waals surface area contributed by atoms with Crippen molar-refractivity contribution >= 4 is 23.2 Å². The molecule has 0 fully saturated rings. The maximum atomic E-state index is 12.5. The van der Waals surface area contributed by atoms with Crippen molar-refractivity contribution < 1.29 is 27.8 Å². The molecule has 36 heavy (non-hydrogen) atoms. The topological polar surface area (TPSA) is 96.4 Å². The van der Waals surface area contributed by atoms with E-state index in [1.807, 2.05) is 0 Å². The predicted octanol–water partition coefficient (Wildman–Crippen LogP) is 5.84. The van der Waals surface area contributed by atoms with Crippen molar-refractivity contribution in [1.29, 1.82) is 0 Å². The number of nitrogens with zero attached hydrogens (tertiary/aromatic N) is 2. The van der Waals surface area contributed by atoms with Crippen molar-refractivity contribution in [3.05, 3.63) is 95.7 Å². The average Bonchev–Trinajstić information content (AvgIpc) is 2.83. The zero-order valence-corrected chi connectivity index (χ0v) is 19.0. The van der Waals surface area contributed by atoms with Crippen LogP contribution in [0.25, 0.3) is 11.3 Å². The summed E-state index contributed by atoms with van der Waals surface area (Å²) in [5.41, 5.74) is 4.10. The van der Waals surface area contributed by atoms with Crippen LogP contribution < -0.4 is 15.4 Å². The summed E-state index contributed by atoms with van der Waals surface area (Å²) in [4.78, 5) is 21.3. The normalized spacial score (nSPS) is 11.1. The van der Waals surface area contributed by atoms with Gasteiger partial charge in [-0.2, -0.15) is 0 Å². The number of rotatable bonds is 7. The molecule has 0 saturated carbocycles. The van der Waals surface area contributed by atoms with Crippen molar-refractivity contribution in [3.8, 4) is 17.0 Å². The van der Waals surface area contributed by atoms with Crippen LogP contribution in [0.5, 0.6) is 5.75 Å². The fraction of sp³-hybridized carbons (Fsp3) is 0.115. The molecule has 10 heteroatoms. The van der Waals surface area contributed by atoms with Gasteiger partial charge in [-0.05, 0) is 79.2 Å². The highest BCUT2D eigenvalue weighted by Crippen LogP contribution is 2.27.